The van der Waals surface area contributed by atoms with Crippen molar-refractivity contribution >= 4 is 34.8 Å². The van der Waals surface area contributed by atoms with Gasteiger partial charge < -0.3 is 4.90 Å². The minimum absolute atomic E-state index is 0.556. The molecule has 0 aliphatic carbocycles. The van der Waals surface area contributed by atoms with Crippen LogP contribution in [0.15, 0.2) is 103 Å². The Bertz CT molecular complexity index is 1270. The molecule has 2 heteroatoms. The van der Waals surface area contributed by atoms with Crippen molar-refractivity contribution in [2.24, 2.45) is 0 Å². The highest BCUT2D eigenvalue weighted by Gasteiger charge is 2.41. The first-order valence-electron chi connectivity index (χ1n) is 12.2. The summed E-state index contributed by atoms with van der Waals surface area (Å²) < 4.78 is 0. The highest BCUT2D eigenvalue weighted by molar-refractivity contribution is 7.99. The number of benzene rings is 4. The van der Waals surface area contributed by atoms with Crippen molar-refractivity contribution in [3.63, 3.8) is 0 Å². The van der Waals surface area contributed by atoms with Crippen molar-refractivity contribution in [2.75, 3.05) is 16.4 Å². The Morgan fingerprint density at radius 1 is 0.824 bits per heavy atom. The summed E-state index contributed by atoms with van der Waals surface area (Å²) in [5.74, 6) is 3.03. The molecular formula is C32H29NS. The number of para-hydroxylation sites is 1. The van der Waals surface area contributed by atoms with Crippen molar-refractivity contribution in [3.05, 3.63) is 131 Å². The van der Waals surface area contributed by atoms with Gasteiger partial charge in [0.05, 0.1) is 0 Å². The second-order valence-electron chi connectivity index (χ2n) is 9.30. The molecule has 4 aromatic rings. The van der Waals surface area contributed by atoms with Crippen LogP contribution in [0.1, 0.15) is 40.2 Å². The molecule has 2 atom stereocenters. The number of nitrogens with zero attached hydrogens (tertiary/aromatic N) is 1. The zero-order chi connectivity index (χ0) is 22.9. The number of hydrogen-bond acceptors (Lipinski definition) is 2. The molecular weight excluding hydrogens is 430 g/mol. The van der Waals surface area contributed by atoms with Crippen LogP contribution in [0, 0.1) is 6.92 Å². The van der Waals surface area contributed by atoms with E-state index in [1.54, 1.807) is 0 Å². The Hall–Kier alpha value is -3.23. The van der Waals surface area contributed by atoms with E-state index in [1.165, 1.54) is 62.7 Å². The van der Waals surface area contributed by atoms with Crippen molar-refractivity contribution in [3.8, 4) is 0 Å². The molecule has 1 nitrogen and oxygen atoms in total. The van der Waals surface area contributed by atoms with Gasteiger partial charge in [-0.05, 0) is 82.8 Å². The van der Waals surface area contributed by atoms with Crippen LogP contribution >= 0.6 is 11.8 Å². The maximum Gasteiger partial charge on any atom is 0.0453 e. The number of fused-ring (bicyclic) bond motifs is 3. The maximum atomic E-state index is 2.62. The van der Waals surface area contributed by atoms with E-state index in [1.807, 2.05) is 0 Å². The normalized spacial score (nSPS) is 18.8. The van der Waals surface area contributed by atoms with Crippen molar-refractivity contribution < 1.29 is 0 Å². The van der Waals surface area contributed by atoms with Gasteiger partial charge in [-0.25, -0.2) is 0 Å². The first kappa shape index (κ1) is 21.3. The molecule has 6 rings (SSSR count). The molecule has 0 N–H and O–H groups in total. The Kier molecular flexibility index (Phi) is 5.76. The minimum atomic E-state index is 0.556. The van der Waals surface area contributed by atoms with Crippen LogP contribution < -0.4 is 4.90 Å². The summed E-state index contributed by atoms with van der Waals surface area (Å²) in [5.41, 5.74) is 10.7. The molecule has 0 bridgehead atoms. The molecule has 2 aliphatic rings. The lowest BCUT2D eigenvalue weighted by Gasteiger charge is -2.33. The van der Waals surface area contributed by atoms with Crippen LogP contribution in [0.25, 0.3) is 11.6 Å². The van der Waals surface area contributed by atoms with Gasteiger partial charge in [-0.3, -0.25) is 0 Å². The molecule has 1 fully saturated rings. The third-order valence-corrected chi connectivity index (χ3v) is 8.35. The SMILES string of the molecule is Cc1cc2c(cc1C=C(c1ccccc1)c1ccccc1)C1CSCCC1N2c1ccccc1. The van der Waals surface area contributed by atoms with Gasteiger partial charge in [0.25, 0.3) is 0 Å². The van der Waals surface area contributed by atoms with Gasteiger partial charge in [0.1, 0.15) is 0 Å². The van der Waals surface area contributed by atoms with Gasteiger partial charge in [0.2, 0.25) is 0 Å². The molecule has 34 heavy (non-hydrogen) atoms. The van der Waals surface area contributed by atoms with E-state index in [0.29, 0.717) is 12.0 Å². The second-order valence-corrected chi connectivity index (χ2v) is 10.5. The van der Waals surface area contributed by atoms with Crippen molar-refractivity contribution in [1.82, 2.24) is 0 Å². The van der Waals surface area contributed by atoms with Gasteiger partial charge in [0.15, 0.2) is 0 Å². The first-order valence-corrected chi connectivity index (χ1v) is 13.3. The summed E-state index contributed by atoms with van der Waals surface area (Å²) in [5, 5.41) is 0. The lowest BCUT2D eigenvalue weighted by Crippen LogP contribution is -2.34. The number of rotatable bonds is 4. The molecule has 4 aromatic carbocycles. The van der Waals surface area contributed by atoms with Crippen LogP contribution in [0.3, 0.4) is 0 Å². The largest absolute Gasteiger partial charge is 0.337 e. The fourth-order valence-electron chi connectivity index (χ4n) is 5.54. The molecule has 0 saturated carbocycles. The molecule has 2 unspecified atom stereocenters. The monoisotopic (exact) mass is 459 g/mol. The molecule has 0 amide bonds. The summed E-state index contributed by atoms with van der Waals surface area (Å²) in [6, 6.07) is 38.0. The second kappa shape index (κ2) is 9.19. The molecule has 2 aliphatic heterocycles. The summed E-state index contributed by atoms with van der Waals surface area (Å²) in [7, 11) is 0. The van der Waals surface area contributed by atoms with Gasteiger partial charge in [-0.15, -0.1) is 0 Å². The number of thioether (sulfide) groups is 1. The van der Waals surface area contributed by atoms with E-state index in [9.17, 15) is 0 Å². The predicted molar refractivity (Wildman–Crippen MR) is 148 cm³/mol. The Balaban J connectivity index is 1.50. The molecule has 0 radical (unpaired) electrons. The summed E-state index contributed by atoms with van der Waals surface area (Å²) in [6.07, 6.45) is 3.64. The molecule has 1 saturated heterocycles. The average molecular weight is 460 g/mol. The molecule has 168 valence electrons. The molecule has 0 aromatic heterocycles. The fourth-order valence-corrected chi connectivity index (χ4v) is 6.77. The zero-order valence-corrected chi connectivity index (χ0v) is 20.3. The summed E-state index contributed by atoms with van der Waals surface area (Å²) in [6.45, 7) is 2.26. The predicted octanol–water partition coefficient (Wildman–Crippen LogP) is 8.32. The van der Waals surface area contributed by atoms with Crippen LogP contribution in [0.2, 0.25) is 0 Å². The molecule has 2 heterocycles. The average Bonchev–Trinajstić information content (AvgIpc) is 3.21. The Morgan fingerprint density at radius 3 is 2.09 bits per heavy atom. The van der Waals surface area contributed by atoms with Gasteiger partial charge in [-0.1, -0.05) is 78.9 Å². The van der Waals surface area contributed by atoms with E-state index in [2.05, 4.69) is 133 Å². The zero-order valence-electron chi connectivity index (χ0n) is 19.5. The smallest absolute Gasteiger partial charge is 0.0453 e. The van der Waals surface area contributed by atoms with E-state index in [0.717, 1.165) is 0 Å². The lowest BCUT2D eigenvalue weighted by molar-refractivity contribution is 0.572. The quantitative estimate of drug-likeness (QED) is 0.282. The first-order chi connectivity index (χ1) is 16.8. The lowest BCUT2D eigenvalue weighted by atomic mass is 9.90. The van der Waals surface area contributed by atoms with Crippen LogP contribution in [0.4, 0.5) is 11.4 Å². The number of aryl methyl sites for hydroxylation is 1. The Morgan fingerprint density at radius 2 is 1.44 bits per heavy atom. The van der Waals surface area contributed by atoms with E-state index in [4.69, 9.17) is 0 Å². The van der Waals surface area contributed by atoms with Crippen molar-refractivity contribution in [1.29, 1.82) is 0 Å². The number of hydrogen-bond donors (Lipinski definition) is 0. The highest BCUT2D eigenvalue weighted by atomic mass is 32.2. The number of anilines is 2. The van der Waals surface area contributed by atoms with Gasteiger partial charge in [0, 0.05) is 29.1 Å². The maximum absolute atomic E-state index is 2.62. The third-order valence-electron chi connectivity index (χ3n) is 7.23. The standard InChI is InChI=1S/C32H29NS/c1-23-19-32-29(30-22-34-18-17-31(30)33(32)27-15-9-4-10-16-27)21-26(23)20-28(24-11-5-2-6-12-24)25-13-7-3-8-14-25/h2-16,19-21,30-31H,17-18,22H2,1H3. The van der Waals surface area contributed by atoms with Crippen LogP contribution in [-0.2, 0) is 0 Å². The summed E-state index contributed by atoms with van der Waals surface area (Å²) in [4.78, 5) is 2.62. The molecule has 0 spiro atoms. The van der Waals surface area contributed by atoms with E-state index >= 15 is 0 Å². The van der Waals surface area contributed by atoms with Gasteiger partial charge >= 0.3 is 0 Å². The van der Waals surface area contributed by atoms with E-state index in [-0.39, 0.29) is 0 Å². The van der Waals surface area contributed by atoms with Crippen LogP contribution in [-0.4, -0.2) is 17.5 Å². The van der Waals surface area contributed by atoms with Crippen LogP contribution in [0.5, 0.6) is 0 Å². The fraction of sp³-hybridized carbons (Fsp3) is 0.188. The van der Waals surface area contributed by atoms with Crippen molar-refractivity contribution in [2.45, 2.75) is 25.3 Å². The summed E-state index contributed by atoms with van der Waals surface area (Å²) >= 11 is 2.11. The van der Waals surface area contributed by atoms with E-state index < -0.39 is 0 Å². The highest BCUT2D eigenvalue weighted by Crippen LogP contribution is 2.51. The topological polar surface area (TPSA) is 3.24 Å². The Labute approximate surface area is 207 Å². The third kappa shape index (κ3) is 3.86. The van der Waals surface area contributed by atoms with Gasteiger partial charge in [-0.2, -0.15) is 11.8 Å². The minimum Gasteiger partial charge on any atom is -0.337 e.